The van der Waals surface area contributed by atoms with E-state index in [1.54, 1.807) is 29.2 Å². The summed E-state index contributed by atoms with van der Waals surface area (Å²) in [6, 6.07) is 6.80. The van der Waals surface area contributed by atoms with Crippen LogP contribution in [0.25, 0.3) is 0 Å². The molecule has 1 unspecified atom stereocenters. The number of para-hydroxylation sites is 1. The van der Waals surface area contributed by atoms with Crippen LogP contribution in [0, 0.1) is 5.92 Å². The van der Waals surface area contributed by atoms with E-state index in [2.05, 4.69) is 0 Å². The summed E-state index contributed by atoms with van der Waals surface area (Å²) in [5.41, 5.74) is 0.832. The molecule has 124 valence electrons. The van der Waals surface area contributed by atoms with Gasteiger partial charge in [0.25, 0.3) is 0 Å². The van der Waals surface area contributed by atoms with Crippen molar-refractivity contribution in [3.8, 4) is 0 Å². The van der Waals surface area contributed by atoms with E-state index < -0.39 is 5.97 Å². The number of hydrogen-bond donors (Lipinski definition) is 0. The maximum absolute atomic E-state index is 12.5. The van der Waals surface area contributed by atoms with Gasteiger partial charge in [0, 0.05) is 26.1 Å². The number of esters is 1. The van der Waals surface area contributed by atoms with E-state index >= 15 is 0 Å². The third-order valence-electron chi connectivity index (χ3n) is 4.15. The van der Waals surface area contributed by atoms with E-state index in [9.17, 15) is 14.4 Å². The Bertz CT molecular complexity index is 610. The Balaban J connectivity index is 2.25. The van der Waals surface area contributed by atoms with E-state index in [4.69, 9.17) is 4.74 Å². The summed E-state index contributed by atoms with van der Waals surface area (Å²) in [5, 5.41) is 0. The van der Waals surface area contributed by atoms with Gasteiger partial charge in [0.05, 0.1) is 24.3 Å². The second kappa shape index (κ2) is 7.26. The van der Waals surface area contributed by atoms with E-state index in [0.717, 1.165) is 0 Å². The van der Waals surface area contributed by atoms with Crippen LogP contribution < -0.4 is 4.90 Å². The summed E-state index contributed by atoms with van der Waals surface area (Å²) < 4.78 is 4.77. The van der Waals surface area contributed by atoms with Crippen LogP contribution in [0.3, 0.4) is 0 Å². The second-order valence-electron chi connectivity index (χ2n) is 5.42. The molecule has 2 amide bonds. The molecule has 1 aromatic rings. The minimum Gasteiger partial charge on any atom is -0.465 e. The van der Waals surface area contributed by atoms with Crippen molar-refractivity contribution in [3.63, 3.8) is 0 Å². The minimum absolute atomic E-state index is 0.0126. The summed E-state index contributed by atoms with van der Waals surface area (Å²) in [5.74, 6) is -1.02. The average Bonchev–Trinajstić information content (AvgIpc) is 2.96. The van der Waals surface area contributed by atoms with Crippen molar-refractivity contribution in [3.05, 3.63) is 29.8 Å². The molecule has 6 nitrogen and oxygen atoms in total. The number of rotatable bonds is 5. The maximum Gasteiger partial charge on any atom is 0.339 e. The Morgan fingerprint density at radius 2 is 1.91 bits per heavy atom. The van der Waals surface area contributed by atoms with Crippen LogP contribution in [-0.2, 0) is 14.3 Å². The van der Waals surface area contributed by atoms with Crippen molar-refractivity contribution in [2.45, 2.75) is 20.3 Å². The zero-order valence-electron chi connectivity index (χ0n) is 13.7. The van der Waals surface area contributed by atoms with Gasteiger partial charge in [0.2, 0.25) is 11.8 Å². The fourth-order valence-electron chi connectivity index (χ4n) is 2.89. The fourth-order valence-corrected chi connectivity index (χ4v) is 2.89. The molecular formula is C17H22N2O4. The van der Waals surface area contributed by atoms with Crippen molar-refractivity contribution in [1.82, 2.24) is 4.90 Å². The van der Waals surface area contributed by atoms with E-state index in [0.29, 0.717) is 30.9 Å². The zero-order valence-corrected chi connectivity index (χ0v) is 13.7. The molecule has 0 aromatic heterocycles. The van der Waals surface area contributed by atoms with Crippen molar-refractivity contribution in [2.75, 3.05) is 31.6 Å². The lowest BCUT2D eigenvalue weighted by Crippen LogP contribution is -2.37. The van der Waals surface area contributed by atoms with Crippen LogP contribution in [0.15, 0.2) is 24.3 Å². The van der Waals surface area contributed by atoms with Crippen molar-refractivity contribution in [1.29, 1.82) is 0 Å². The molecule has 0 saturated carbocycles. The van der Waals surface area contributed by atoms with Gasteiger partial charge in [0.15, 0.2) is 0 Å². The monoisotopic (exact) mass is 318 g/mol. The van der Waals surface area contributed by atoms with Crippen LogP contribution in [-0.4, -0.2) is 49.4 Å². The van der Waals surface area contributed by atoms with Gasteiger partial charge < -0.3 is 14.5 Å². The molecule has 6 heteroatoms. The van der Waals surface area contributed by atoms with E-state index in [1.165, 1.54) is 12.0 Å². The summed E-state index contributed by atoms with van der Waals surface area (Å²) >= 11 is 0. The number of carbonyl (C=O) groups is 3. The van der Waals surface area contributed by atoms with Crippen molar-refractivity contribution in [2.24, 2.45) is 5.92 Å². The summed E-state index contributed by atoms with van der Waals surface area (Å²) in [4.78, 5) is 39.9. The Morgan fingerprint density at radius 1 is 1.26 bits per heavy atom. The first kappa shape index (κ1) is 17.0. The number of hydrogen-bond acceptors (Lipinski definition) is 4. The number of benzene rings is 1. The highest BCUT2D eigenvalue weighted by Gasteiger charge is 2.37. The molecule has 1 aliphatic heterocycles. The number of nitrogens with zero attached hydrogens (tertiary/aromatic N) is 2. The number of anilines is 1. The molecule has 1 atom stereocenters. The van der Waals surface area contributed by atoms with Crippen molar-refractivity contribution >= 4 is 23.5 Å². The van der Waals surface area contributed by atoms with E-state index in [-0.39, 0.29) is 24.2 Å². The molecule has 1 fully saturated rings. The predicted molar refractivity (Wildman–Crippen MR) is 86.2 cm³/mol. The summed E-state index contributed by atoms with van der Waals surface area (Å²) in [6.45, 7) is 5.38. The Morgan fingerprint density at radius 3 is 2.52 bits per heavy atom. The Labute approximate surface area is 136 Å². The number of amides is 2. The van der Waals surface area contributed by atoms with Crippen LogP contribution in [0.5, 0.6) is 0 Å². The molecule has 0 aliphatic carbocycles. The first-order valence-electron chi connectivity index (χ1n) is 7.79. The summed E-state index contributed by atoms with van der Waals surface area (Å²) in [7, 11) is 1.30. The molecule has 0 radical (unpaired) electrons. The first-order chi connectivity index (χ1) is 11.0. The molecular weight excluding hydrogens is 296 g/mol. The highest BCUT2D eigenvalue weighted by Crippen LogP contribution is 2.29. The molecule has 2 rings (SSSR count). The van der Waals surface area contributed by atoms with Gasteiger partial charge >= 0.3 is 5.97 Å². The molecule has 0 spiro atoms. The third kappa shape index (κ3) is 3.36. The smallest absolute Gasteiger partial charge is 0.339 e. The number of methoxy groups -OCH3 is 1. The number of ether oxygens (including phenoxy) is 1. The quantitative estimate of drug-likeness (QED) is 0.775. The standard InChI is InChI=1S/C17H22N2O4/c1-4-18(5-2)16(21)12-10-15(20)19(11-12)14-9-7-6-8-13(14)17(22)23-3/h6-9,12H,4-5,10-11H2,1-3H3. The normalized spacial score (nSPS) is 17.3. The third-order valence-corrected chi connectivity index (χ3v) is 4.15. The molecule has 1 heterocycles. The lowest BCUT2D eigenvalue weighted by atomic mass is 10.1. The highest BCUT2D eigenvalue weighted by molar-refractivity contribution is 6.05. The van der Waals surface area contributed by atoms with Gasteiger partial charge in [-0.3, -0.25) is 9.59 Å². The fraction of sp³-hybridized carbons (Fsp3) is 0.471. The average molecular weight is 318 g/mol. The molecule has 1 aliphatic rings. The molecule has 23 heavy (non-hydrogen) atoms. The van der Waals surface area contributed by atoms with Gasteiger partial charge in [0.1, 0.15) is 0 Å². The highest BCUT2D eigenvalue weighted by atomic mass is 16.5. The lowest BCUT2D eigenvalue weighted by molar-refractivity contribution is -0.135. The predicted octanol–water partition coefficient (Wildman–Crippen LogP) is 1.69. The Kier molecular flexibility index (Phi) is 5.36. The van der Waals surface area contributed by atoms with Gasteiger partial charge in [-0.2, -0.15) is 0 Å². The Hall–Kier alpha value is -2.37. The second-order valence-corrected chi connectivity index (χ2v) is 5.42. The van der Waals surface area contributed by atoms with Gasteiger partial charge in [-0.05, 0) is 26.0 Å². The molecule has 1 saturated heterocycles. The summed E-state index contributed by atoms with van der Waals surface area (Å²) in [6.07, 6.45) is 0.171. The molecule has 0 N–H and O–H groups in total. The van der Waals surface area contributed by atoms with Gasteiger partial charge in [-0.15, -0.1) is 0 Å². The van der Waals surface area contributed by atoms with Crippen LogP contribution in [0.1, 0.15) is 30.6 Å². The largest absolute Gasteiger partial charge is 0.465 e. The minimum atomic E-state index is -0.494. The molecule has 1 aromatic carbocycles. The van der Waals surface area contributed by atoms with Gasteiger partial charge in [-0.1, -0.05) is 12.1 Å². The van der Waals surface area contributed by atoms with E-state index in [1.807, 2.05) is 13.8 Å². The SMILES string of the molecule is CCN(CC)C(=O)C1CC(=O)N(c2ccccc2C(=O)OC)C1. The van der Waals surface area contributed by atoms with Gasteiger partial charge in [-0.25, -0.2) is 4.79 Å². The zero-order chi connectivity index (χ0) is 17.0. The van der Waals surface area contributed by atoms with Crippen LogP contribution >= 0.6 is 0 Å². The molecule has 0 bridgehead atoms. The van der Waals surface area contributed by atoms with Crippen LogP contribution in [0.2, 0.25) is 0 Å². The maximum atomic E-state index is 12.5. The van der Waals surface area contributed by atoms with Crippen molar-refractivity contribution < 1.29 is 19.1 Å². The lowest BCUT2D eigenvalue weighted by Gasteiger charge is -2.23. The topological polar surface area (TPSA) is 66.9 Å². The van der Waals surface area contributed by atoms with Crippen LogP contribution in [0.4, 0.5) is 5.69 Å². The first-order valence-corrected chi connectivity index (χ1v) is 7.79. The number of carbonyl (C=O) groups excluding carboxylic acids is 3.